The molecule has 0 aliphatic rings. The summed E-state index contributed by atoms with van der Waals surface area (Å²) in [6, 6.07) is 0. The van der Waals surface area contributed by atoms with Crippen molar-refractivity contribution < 1.29 is 4.74 Å². The van der Waals surface area contributed by atoms with Gasteiger partial charge in [-0.05, 0) is 15.9 Å². The Hall–Kier alpha value is -1.17. The highest BCUT2D eigenvalue weighted by Gasteiger charge is 2.08. The van der Waals surface area contributed by atoms with Crippen molar-refractivity contribution in [2.45, 2.75) is 0 Å². The highest BCUT2D eigenvalue weighted by molar-refractivity contribution is 9.10. The summed E-state index contributed by atoms with van der Waals surface area (Å²) in [6.07, 6.45) is 1.63. The fourth-order valence-corrected chi connectivity index (χ4v) is 1.32. The van der Waals surface area contributed by atoms with Gasteiger partial charge >= 0.3 is 0 Å². The van der Waals surface area contributed by atoms with Crippen LogP contribution < -0.4 is 4.74 Å². The van der Waals surface area contributed by atoms with Crippen LogP contribution in [0.5, 0.6) is 5.88 Å². The maximum Gasteiger partial charge on any atom is 0.241 e. The SMILES string of the molecule is COc1ncc(Br)c2nn[nH]c12. The van der Waals surface area contributed by atoms with E-state index in [1.807, 2.05) is 0 Å². The van der Waals surface area contributed by atoms with Crippen LogP contribution >= 0.6 is 15.9 Å². The number of nitrogens with one attached hydrogen (secondary N) is 1. The van der Waals surface area contributed by atoms with E-state index < -0.39 is 0 Å². The second-order valence-corrected chi connectivity index (χ2v) is 3.01. The van der Waals surface area contributed by atoms with Gasteiger partial charge in [-0.2, -0.15) is 0 Å². The van der Waals surface area contributed by atoms with Gasteiger partial charge in [0, 0.05) is 6.20 Å². The molecule has 0 aromatic carbocycles. The molecule has 1 N–H and O–H groups in total. The molecule has 0 bridgehead atoms. The van der Waals surface area contributed by atoms with Crippen molar-refractivity contribution in [1.82, 2.24) is 20.4 Å². The van der Waals surface area contributed by atoms with Gasteiger partial charge in [-0.1, -0.05) is 5.21 Å². The van der Waals surface area contributed by atoms with E-state index in [0.29, 0.717) is 11.4 Å². The van der Waals surface area contributed by atoms with Crippen LogP contribution in [0.3, 0.4) is 0 Å². The van der Waals surface area contributed by atoms with E-state index in [9.17, 15) is 0 Å². The van der Waals surface area contributed by atoms with Gasteiger partial charge in [-0.3, -0.25) is 5.10 Å². The van der Waals surface area contributed by atoms with Gasteiger partial charge < -0.3 is 4.74 Å². The Labute approximate surface area is 76.3 Å². The Kier molecular flexibility index (Phi) is 1.69. The van der Waals surface area contributed by atoms with Gasteiger partial charge in [0.2, 0.25) is 5.88 Å². The third-order valence-electron chi connectivity index (χ3n) is 1.48. The van der Waals surface area contributed by atoms with Crippen molar-refractivity contribution in [2.75, 3.05) is 7.11 Å². The van der Waals surface area contributed by atoms with E-state index in [-0.39, 0.29) is 0 Å². The number of methoxy groups -OCH3 is 1. The van der Waals surface area contributed by atoms with Crippen molar-refractivity contribution >= 4 is 27.0 Å². The van der Waals surface area contributed by atoms with E-state index >= 15 is 0 Å². The smallest absolute Gasteiger partial charge is 0.241 e. The molecule has 0 spiro atoms. The van der Waals surface area contributed by atoms with E-state index in [2.05, 4.69) is 36.3 Å². The van der Waals surface area contributed by atoms with Gasteiger partial charge in [0.1, 0.15) is 11.0 Å². The molecule has 0 aliphatic carbocycles. The van der Waals surface area contributed by atoms with Crippen molar-refractivity contribution in [2.24, 2.45) is 0 Å². The Morgan fingerprint density at radius 3 is 3.17 bits per heavy atom. The average molecular weight is 229 g/mol. The lowest BCUT2D eigenvalue weighted by atomic mass is 10.4. The maximum atomic E-state index is 5.00. The molecule has 0 amide bonds. The lowest BCUT2D eigenvalue weighted by Gasteiger charge is -1.98. The quantitative estimate of drug-likeness (QED) is 0.795. The lowest BCUT2D eigenvalue weighted by molar-refractivity contribution is 0.402. The number of hydrogen-bond donors (Lipinski definition) is 1. The Bertz CT molecular complexity index is 413. The fraction of sp³-hybridized carbons (Fsp3) is 0.167. The molecular formula is C6H5BrN4O. The topological polar surface area (TPSA) is 63.7 Å². The normalized spacial score (nSPS) is 10.5. The van der Waals surface area contributed by atoms with Crippen LogP contribution in [-0.4, -0.2) is 27.5 Å². The predicted molar refractivity (Wildman–Crippen MR) is 45.9 cm³/mol. The number of ether oxygens (including phenoxy) is 1. The first-order valence-electron chi connectivity index (χ1n) is 3.22. The lowest BCUT2D eigenvalue weighted by Crippen LogP contribution is -1.88. The number of rotatable bonds is 1. The first-order valence-corrected chi connectivity index (χ1v) is 4.01. The van der Waals surface area contributed by atoms with Crippen LogP contribution in [0.25, 0.3) is 11.0 Å². The minimum Gasteiger partial charge on any atom is -0.479 e. The van der Waals surface area contributed by atoms with Crippen molar-refractivity contribution in [3.05, 3.63) is 10.7 Å². The molecule has 2 aromatic heterocycles. The minimum atomic E-state index is 0.498. The third-order valence-corrected chi connectivity index (χ3v) is 2.06. The van der Waals surface area contributed by atoms with Gasteiger partial charge in [-0.15, -0.1) is 5.10 Å². The van der Waals surface area contributed by atoms with Gasteiger partial charge in [-0.25, -0.2) is 4.98 Å². The minimum absolute atomic E-state index is 0.498. The molecule has 6 heteroatoms. The summed E-state index contributed by atoms with van der Waals surface area (Å²) < 4.78 is 5.80. The molecule has 2 aromatic rings. The number of H-pyrrole nitrogens is 1. The van der Waals surface area contributed by atoms with Crippen LogP contribution in [-0.2, 0) is 0 Å². The maximum absolute atomic E-state index is 5.00. The zero-order valence-electron chi connectivity index (χ0n) is 6.21. The van der Waals surface area contributed by atoms with Crippen LogP contribution in [0.15, 0.2) is 10.7 Å². The molecule has 0 aliphatic heterocycles. The zero-order chi connectivity index (χ0) is 8.55. The summed E-state index contributed by atoms with van der Waals surface area (Å²) in [6.45, 7) is 0. The van der Waals surface area contributed by atoms with Gasteiger partial charge in [0.25, 0.3) is 0 Å². The number of pyridine rings is 1. The Morgan fingerprint density at radius 1 is 1.58 bits per heavy atom. The summed E-state index contributed by atoms with van der Waals surface area (Å²) >= 11 is 3.30. The van der Waals surface area contributed by atoms with Crippen molar-refractivity contribution in [3.8, 4) is 5.88 Å². The van der Waals surface area contributed by atoms with Crippen LogP contribution in [0.1, 0.15) is 0 Å². The van der Waals surface area contributed by atoms with Crippen LogP contribution in [0, 0.1) is 0 Å². The molecule has 5 nitrogen and oxygen atoms in total. The molecule has 12 heavy (non-hydrogen) atoms. The number of aromatic amines is 1. The molecule has 62 valence electrons. The summed E-state index contributed by atoms with van der Waals surface area (Å²) in [5.41, 5.74) is 1.42. The van der Waals surface area contributed by atoms with E-state index in [4.69, 9.17) is 4.74 Å². The number of hydrogen-bond acceptors (Lipinski definition) is 4. The largest absolute Gasteiger partial charge is 0.479 e. The molecule has 2 heterocycles. The highest BCUT2D eigenvalue weighted by Crippen LogP contribution is 2.24. The molecule has 0 fully saturated rings. The standard InChI is InChI=1S/C6H5BrN4O/c1-12-6-5-4(9-11-10-5)3(7)2-8-6/h2H,1H3,(H,9,10,11). The summed E-state index contributed by atoms with van der Waals surface area (Å²) in [4.78, 5) is 4.02. The highest BCUT2D eigenvalue weighted by atomic mass is 79.9. The monoisotopic (exact) mass is 228 g/mol. The van der Waals surface area contributed by atoms with Gasteiger partial charge in [0.15, 0.2) is 0 Å². The second kappa shape index (κ2) is 2.71. The number of aromatic nitrogens is 4. The third kappa shape index (κ3) is 0.953. The van der Waals surface area contributed by atoms with Crippen LogP contribution in [0.2, 0.25) is 0 Å². The van der Waals surface area contributed by atoms with E-state index in [1.54, 1.807) is 13.3 Å². The summed E-state index contributed by atoms with van der Waals surface area (Å²) in [5.74, 6) is 0.498. The number of nitrogens with zero attached hydrogens (tertiary/aromatic N) is 3. The Morgan fingerprint density at radius 2 is 2.42 bits per heavy atom. The molecule has 0 saturated heterocycles. The number of fused-ring (bicyclic) bond motifs is 1. The van der Waals surface area contributed by atoms with Gasteiger partial charge in [0.05, 0.1) is 11.6 Å². The van der Waals surface area contributed by atoms with E-state index in [0.717, 1.165) is 9.99 Å². The van der Waals surface area contributed by atoms with Crippen molar-refractivity contribution in [1.29, 1.82) is 0 Å². The zero-order valence-corrected chi connectivity index (χ0v) is 7.79. The molecule has 0 radical (unpaired) electrons. The second-order valence-electron chi connectivity index (χ2n) is 2.15. The van der Waals surface area contributed by atoms with E-state index in [1.165, 1.54) is 0 Å². The first kappa shape index (κ1) is 7.48. The molecule has 0 unspecified atom stereocenters. The molecule has 0 atom stereocenters. The Balaban J connectivity index is 2.82. The summed E-state index contributed by atoms with van der Waals surface area (Å²) in [5, 5.41) is 10.2. The molecular weight excluding hydrogens is 224 g/mol. The number of halogens is 1. The first-order chi connectivity index (χ1) is 5.83. The van der Waals surface area contributed by atoms with Crippen LogP contribution in [0.4, 0.5) is 0 Å². The molecule has 0 saturated carbocycles. The summed E-state index contributed by atoms with van der Waals surface area (Å²) in [7, 11) is 1.55. The average Bonchev–Trinajstić information content (AvgIpc) is 2.54. The molecule has 2 rings (SSSR count). The predicted octanol–water partition coefficient (Wildman–Crippen LogP) is 1.12. The van der Waals surface area contributed by atoms with Crippen molar-refractivity contribution in [3.63, 3.8) is 0 Å². The fourth-order valence-electron chi connectivity index (χ4n) is 0.940.